The molecule has 0 aliphatic heterocycles. The van der Waals surface area contributed by atoms with Gasteiger partial charge in [0.25, 0.3) is 5.91 Å². The van der Waals surface area contributed by atoms with Crippen LogP contribution in [0.2, 0.25) is 5.02 Å². The molecule has 9 heteroatoms. The van der Waals surface area contributed by atoms with E-state index in [0.29, 0.717) is 23.0 Å². The molecule has 0 atom stereocenters. The monoisotopic (exact) mass is 506 g/mol. The molecule has 4 rings (SSSR count). The number of esters is 1. The summed E-state index contributed by atoms with van der Waals surface area (Å²) in [6, 6.07) is 22.5. The molecular formula is C26H23ClN4O3S. The van der Waals surface area contributed by atoms with Crippen LogP contribution in [0, 0.1) is 0 Å². The molecule has 1 heterocycles. The van der Waals surface area contributed by atoms with Gasteiger partial charge in [-0.3, -0.25) is 9.59 Å². The Morgan fingerprint density at radius 1 is 1.03 bits per heavy atom. The summed E-state index contributed by atoms with van der Waals surface area (Å²) in [5.74, 6) is -0.00639. The van der Waals surface area contributed by atoms with Crippen molar-refractivity contribution in [3.8, 4) is 5.75 Å². The Morgan fingerprint density at radius 2 is 1.74 bits per heavy atom. The molecule has 35 heavy (non-hydrogen) atoms. The quantitative estimate of drug-likeness (QED) is 0.115. The topological polar surface area (TPSA) is 85.6 Å². The Labute approximate surface area is 212 Å². The Bertz CT molecular complexity index is 1380. The summed E-state index contributed by atoms with van der Waals surface area (Å²) >= 11 is 7.38. The molecule has 0 saturated carbocycles. The zero-order valence-corrected chi connectivity index (χ0v) is 20.8. The maximum absolute atomic E-state index is 12.5. The van der Waals surface area contributed by atoms with Gasteiger partial charge in [0, 0.05) is 11.9 Å². The fourth-order valence-corrected chi connectivity index (χ4v) is 4.32. The molecule has 3 aromatic carbocycles. The lowest BCUT2D eigenvalue weighted by Crippen LogP contribution is -2.21. The zero-order chi connectivity index (χ0) is 24.8. The molecule has 0 fully saturated rings. The fraction of sp³-hybridized carbons (Fsp3) is 0.154. The number of thioether (sulfide) groups is 1. The van der Waals surface area contributed by atoms with Gasteiger partial charge >= 0.3 is 5.97 Å². The van der Waals surface area contributed by atoms with Crippen molar-refractivity contribution in [2.24, 2.45) is 5.10 Å². The molecule has 0 aliphatic rings. The number of halogens is 1. The van der Waals surface area contributed by atoms with Gasteiger partial charge in [0.1, 0.15) is 5.75 Å². The van der Waals surface area contributed by atoms with E-state index in [-0.39, 0.29) is 17.6 Å². The molecule has 0 bridgehead atoms. The third kappa shape index (κ3) is 6.49. The first-order chi connectivity index (χ1) is 16.9. The number of para-hydroxylation sites is 2. The van der Waals surface area contributed by atoms with E-state index in [9.17, 15) is 9.59 Å². The van der Waals surface area contributed by atoms with Crippen molar-refractivity contribution in [2.45, 2.75) is 25.5 Å². The zero-order valence-electron chi connectivity index (χ0n) is 19.2. The van der Waals surface area contributed by atoms with Crippen molar-refractivity contribution in [3.63, 3.8) is 0 Å². The first-order valence-electron chi connectivity index (χ1n) is 10.8. The lowest BCUT2D eigenvalue weighted by Gasteiger charge is -2.09. The van der Waals surface area contributed by atoms with Crippen molar-refractivity contribution in [1.82, 2.24) is 15.0 Å². The van der Waals surface area contributed by atoms with Crippen molar-refractivity contribution in [1.29, 1.82) is 0 Å². The van der Waals surface area contributed by atoms with Crippen LogP contribution in [0.5, 0.6) is 5.75 Å². The lowest BCUT2D eigenvalue weighted by molar-refractivity contribution is -0.131. The summed E-state index contributed by atoms with van der Waals surface area (Å²) in [6.45, 7) is 3.75. The smallest absolute Gasteiger partial charge is 0.308 e. The minimum absolute atomic E-state index is 0.159. The maximum Gasteiger partial charge on any atom is 0.308 e. The summed E-state index contributed by atoms with van der Waals surface area (Å²) in [5, 5.41) is 5.63. The highest BCUT2D eigenvalue weighted by molar-refractivity contribution is 7.99. The van der Waals surface area contributed by atoms with Crippen LogP contribution in [0.15, 0.2) is 83.1 Å². The molecule has 0 spiro atoms. The van der Waals surface area contributed by atoms with E-state index in [1.54, 1.807) is 31.2 Å². The third-order valence-electron chi connectivity index (χ3n) is 5.09. The van der Waals surface area contributed by atoms with E-state index in [1.807, 2.05) is 48.5 Å². The number of carbonyl (C=O) groups is 2. The number of imidazole rings is 1. The van der Waals surface area contributed by atoms with Gasteiger partial charge in [0.2, 0.25) is 0 Å². The predicted molar refractivity (Wildman–Crippen MR) is 139 cm³/mol. The average molecular weight is 507 g/mol. The van der Waals surface area contributed by atoms with E-state index in [1.165, 1.54) is 18.7 Å². The number of carbonyl (C=O) groups excluding carboxylic acids is 2. The number of aromatic nitrogens is 2. The number of nitrogens with one attached hydrogen (secondary N) is 1. The van der Waals surface area contributed by atoms with Crippen LogP contribution in [0.1, 0.15) is 25.0 Å². The van der Waals surface area contributed by atoms with Gasteiger partial charge in [-0.1, -0.05) is 47.6 Å². The minimum atomic E-state index is -0.380. The van der Waals surface area contributed by atoms with Crippen LogP contribution in [-0.4, -0.2) is 32.9 Å². The first kappa shape index (κ1) is 24.5. The Balaban J connectivity index is 1.42. The molecule has 0 unspecified atom stereocenters. The minimum Gasteiger partial charge on any atom is -0.427 e. The number of amides is 1. The van der Waals surface area contributed by atoms with E-state index < -0.39 is 0 Å². The van der Waals surface area contributed by atoms with E-state index in [0.717, 1.165) is 27.3 Å². The number of benzene rings is 3. The largest absolute Gasteiger partial charge is 0.427 e. The number of rotatable bonds is 8. The second kappa shape index (κ2) is 11.2. The lowest BCUT2D eigenvalue weighted by atomic mass is 10.1. The molecule has 1 N–H and O–H groups in total. The standard InChI is InChI=1S/C26H23ClN4O3S/c1-17(20-9-13-22(14-10-20)34-18(2)32)29-30-25(33)16-35-26-28-23-5-3-4-6-24(23)31(26)15-19-7-11-21(27)12-8-19/h3-14H,15-16H2,1-2H3,(H,30,33)/b29-17-. The number of fused-ring (bicyclic) bond motifs is 1. The summed E-state index contributed by atoms with van der Waals surface area (Å²) in [5.41, 5.74) is 6.99. The molecule has 1 aromatic heterocycles. The van der Waals surface area contributed by atoms with Gasteiger partial charge in [-0.2, -0.15) is 5.10 Å². The van der Waals surface area contributed by atoms with Crippen LogP contribution in [0.4, 0.5) is 0 Å². The first-order valence-corrected chi connectivity index (χ1v) is 12.2. The number of nitrogens with zero attached hydrogens (tertiary/aromatic N) is 3. The highest BCUT2D eigenvalue weighted by Crippen LogP contribution is 2.25. The summed E-state index contributed by atoms with van der Waals surface area (Å²) in [4.78, 5) is 28.3. The Hall–Kier alpha value is -3.62. The van der Waals surface area contributed by atoms with Gasteiger partial charge in [0.05, 0.1) is 29.0 Å². The second-order valence-corrected chi connectivity index (χ2v) is 9.11. The van der Waals surface area contributed by atoms with Crippen LogP contribution >= 0.6 is 23.4 Å². The van der Waals surface area contributed by atoms with E-state index in [4.69, 9.17) is 21.3 Å². The summed E-state index contributed by atoms with van der Waals surface area (Å²) in [7, 11) is 0. The molecule has 0 saturated heterocycles. The molecule has 7 nitrogen and oxygen atoms in total. The van der Waals surface area contributed by atoms with E-state index in [2.05, 4.69) is 15.1 Å². The molecule has 0 radical (unpaired) electrons. The fourth-order valence-electron chi connectivity index (χ4n) is 3.39. The highest BCUT2D eigenvalue weighted by atomic mass is 35.5. The normalized spacial score (nSPS) is 11.5. The third-order valence-corrected chi connectivity index (χ3v) is 6.32. The van der Waals surface area contributed by atoms with Gasteiger partial charge in [0.15, 0.2) is 5.16 Å². The Kier molecular flexibility index (Phi) is 7.84. The summed E-state index contributed by atoms with van der Waals surface area (Å²) in [6.07, 6.45) is 0. The molecule has 0 aliphatic carbocycles. The number of ether oxygens (including phenoxy) is 1. The van der Waals surface area contributed by atoms with Gasteiger partial charge in [-0.15, -0.1) is 0 Å². The van der Waals surface area contributed by atoms with Crippen molar-refractivity contribution >= 4 is 52.0 Å². The predicted octanol–water partition coefficient (Wildman–Crippen LogP) is 5.30. The number of hydrogen-bond donors (Lipinski definition) is 1. The van der Waals surface area contributed by atoms with E-state index >= 15 is 0 Å². The summed E-state index contributed by atoms with van der Waals surface area (Å²) < 4.78 is 7.12. The van der Waals surface area contributed by atoms with Crippen LogP contribution in [-0.2, 0) is 16.1 Å². The number of hydrazone groups is 1. The highest BCUT2D eigenvalue weighted by Gasteiger charge is 2.13. The number of hydrogen-bond acceptors (Lipinski definition) is 6. The average Bonchev–Trinajstić information content (AvgIpc) is 3.20. The van der Waals surface area contributed by atoms with Crippen molar-refractivity contribution in [2.75, 3.05) is 5.75 Å². The molecule has 1 amide bonds. The van der Waals surface area contributed by atoms with Gasteiger partial charge < -0.3 is 9.30 Å². The maximum atomic E-state index is 12.5. The van der Waals surface area contributed by atoms with Gasteiger partial charge in [-0.05, 0) is 66.6 Å². The Morgan fingerprint density at radius 3 is 2.46 bits per heavy atom. The van der Waals surface area contributed by atoms with Crippen LogP contribution in [0.25, 0.3) is 11.0 Å². The van der Waals surface area contributed by atoms with Crippen molar-refractivity contribution < 1.29 is 14.3 Å². The van der Waals surface area contributed by atoms with Crippen LogP contribution in [0.3, 0.4) is 0 Å². The van der Waals surface area contributed by atoms with Crippen molar-refractivity contribution in [3.05, 3.63) is 88.9 Å². The van der Waals surface area contributed by atoms with Gasteiger partial charge in [-0.25, -0.2) is 10.4 Å². The second-order valence-electron chi connectivity index (χ2n) is 7.73. The molecular weight excluding hydrogens is 484 g/mol. The SMILES string of the molecule is CC(=O)Oc1ccc(/C(C)=N\NC(=O)CSc2nc3ccccc3n2Cc2ccc(Cl)cc2)cc1. The molecule has 4 aromatic rings. The van der Waals surface area contributed by atoms with Crippen LogP contribution < -0.4 is 10.2 Å². The molecule has 178 valence electrons.